The van der Waals surface area contributed by atoms with Crippen LogP contribution in [0.15, 0.2) is 47.6 Å². The third kappa shape index (κ3) is 4.64. The summed E-state index contributed by atoms with van der Waals surface area (Å²) in [6, 6.07) is 6.93. The largest absolute Gasteiger partial charge is 0.416 e. The van der Waals surface area contributed by atoms with E-state index in [4.69, 9.17) is 0 Å². The minimum Gasteiger partial charge on any atom is -0.314 e. The van der Waals surface area contributed by atoms with Crippen LogP contribution in [0.4, 0.5) is 27.6 Å². The van der Waals surface area contributed by atoms with Gasteiger partial charge >= 0.3 is 6.18 Å². The number of halogens is 5. The van der Waals surface area contributed by atoms with Crippen LogP contribution in [0, 0.1) is 11.6 Å². The van der Waals surface area contributed by atoms with Crippen molar-refractivity contribution < 1.29 is 31.5 Å². The zero-order chi connectivity index (χ0) is 22.1. The molecule has 1 aliphatic rings. The predicted molar refractivity (Wildman–Crippen MR) is 98.7 cm³/mol. The van der Waals surface area contributed by atoms with Gasteiger partial charge in [0.1, 0.15) is 18.2 Å². The van der Waals surface area contributed by atoms with E-state index in [2.05, 4.69) is 5.10 Å². The van der Waals surface area contributed by atoms with Crippen molar-refractivity contribution in [3.63, 3.8) is 0 Å². The number of likely N-dealkylation sites (N-methyl/N-ethyl adjacent to an activating group) is 1. The van der Waals surface area contributed by atoms with Crippen molar-refractivity contribution in [3.8, 4) is 0 Å². The van der Waals surface area contributed by atoms with Crippen LogP contribution in [-0.4, -0.2) is 36.1 Å². The lowest BCUT2D eigenvalue weighted by atomic mass is 10.0. The molecule has 0 unspecified atom stereocenters. The molecule has 1 aliphatic heterocycles. The Balaban J connectivity index is 1.76. The summed E-state index contributed by atoms with van der Waals surface area (Å²) in [4.78, 5) is 25.7. The van der Waals surface area contributed by atoms with Crippen LogP contribution >= 0.6 is 0 Å². The summed E-state index contributed by atoms with van der Waals surface area (Å²) in [6.45, 7) is -0.483. The highest BCUT2D eigenvalue weighted by molar-refractivity contribution is 6.05. The molecule has 2 aromatic carbocycles. The van der Waals surface area contributed by atoms with E-state index >= 15 is 0 Å². The van der Waals surface area contributed by atoms with Crippen LogP contribution < -0.4 is 4.90 Å². The molecule has 0 atom stereocenters. The maximum absolute atomic E-state index is 14.0. The smallest absolute Gasteiger partial charge is 0.314 e. The number of nitrogens with zero attached hydrogens (tertiary/aromatic N) is 3. The fraction of sp³-hybridized carbons (Fsp3) is 0.250. The molecule has 0 spiro atoms. The highest BCUT2D eigenvalue weighted by Crippen LogP contribution is 2.30. The number of hydrazone groups is 1. The molecule has 5 nitrogen and oxygen atoms in total. The fourth-order valence-electron chi connectivity index (χ4n) is 2.89. The molecule has 2 amide bonds. The van der Waals surface area contributed by atoms with Gasteiger partial charge in [-0.15, -0.1) is 0 Å². The first-order valence-corrected chi connectivity index (χ1v) is 8.83. The summed E-state index contributed by atoms with van der Waals surface area (Å²) in [5, 5.41) is 4.91. The average molecular weight is 425 g/mol. The van der Waals surface area contributed by atoms with Crippen molar-refractivity contribution in [1.29, 1.82) is 0 Å². The van der Waals surface area contributed by atoms with Crippen molar-refractivity contribution in [2.24, 2.45) is 5.10 Å². The summed E-state index contributed by atoms with van der Waals surface area (Å²) in [6.07, 6.45) is -4.39. The molecule has 0 radical (unpaired) electrons. The van der Waals surface area contributed by atoms with Gasteiger partial charge in [0.25, 0.3) is 0 Å². The van der Waals surface area contributed by atoms with Crippen LogP contribution in [0.3, 0.4) is 0 Å². The van der Waals surface area contributed by atoms with Crippen LogP contribution in [0.5, 0.6) is 0 Å². The van der Waals surface area contributed by atoms with Crippen LogP contribution in [0.25, 0.3) is 0 Å². The Morgan fingerprint density at radius 3 is 2.37 bits per heavy atom. The van der Waals surface area contributed by atoms with Crippen molar-refractivity contribution in [2.45, 2.75) is 19.0 Å². The lowest BCUT2D eigenvalue weighted by Crippen LogP contribution is -2.41. The van der Waals surface area contributed by atoms with Gasteiger partial charge in [-0.1, -0.05) is 0 Å². The number of rotatable bonds is 4. The lowest BCUT2D eigenvalue weighted by Gasteiger charge is -2.26. The summed E-state index contributed by atoms with van der Waals surface area (Å²) in [5.74, 6) is -2.66. The van der Waals surface area contributed by atoms with Crippen molar-refractivity contribution in [3.05, 3.63) is 65.2 Å². The van der Waals surface area contributed by atoms with Gasteiger partial charge in [0.15, 0.2) is 0 Å². The average Bonchev–Trinajstić information content (AvgIpc) is 2.68. The SMILES string of the molecule is CN(C(=O)CN1N=C(c2ccc(F)cc2F)CCC1=O)c1ccc(C(F)(F)F)cc1. The van der Waals surface area contributed by atoms with Crippen molar-refractivity contribution in [2.75, 3.05) is 18.5 Å². The maximum Gasteiger partial charge on any atom is 0.416 e. The maximum atomic E-state index is 14.0. The Hall–Kier alpha value is -3.30. The van der Waals surface area contributed by atoms with Gasteiger partial charge in [0.05, 0.1) is 11.3 Å². The number of hydrogen-bond donors (Lipinski definition) is 0. The van der Waals surface area contributed by atoms with Gasteiger partial charge in [0.2, 0.25) is 11.8 Å². The Kier molecular flexibility index (Phi) is 5.86. The molecule has 0 aromatic heterocycles. The Bertz CT molecular complexity index is 1000. The van der Waals surface area contributed by atoms with Gasteiger partial charge in [-0.25, -0.2) is 13.8 Å². The van der Waals surface area contributed by atoms with Gasteiger partial charge < -0.3 is 4.90 Å². The van der Waals surface area contributed by atoms with Gasteiger partial charge in [-0.3, -0.25) is 9.59 Å². The summed E-state index contributed by atoms with van der Waals surface area (Å²) in [5.41, 5.74) is -0.436. The number of carbonyl (C=O) groups excluding carboxylic acids is 2. The summed E-state index contributed by atoms with van der Waals surface area (Å²) < 4.78 is 65.1. The summed E-state index contributed by atoms with van der Waals surface area (Å²) in [7, 11) is 1.35. The second-order valence-corrected chi connectivity index (χ2v) is 6.62. The number of alkyl halides is 3. The van der Waals surface area contributed by atoms with E-state index in [0.717, 1.165) is 40.2 Å². The molecular weight excluding hydrogens is 409 g/mol. The lowest BCUT2D eigenvalue weighted by molar-refractivity contribution is -0.137. The molecule has 3 rings (SSSR count). The van der Waals surface area contributed by atoms with E-state index < -0.39 is 41.7 Å². The monoisotopic (exact) mass is 425 g/mol. The fourth-order valence-corrected chi connectivity index (χ4v) is 2.89. The minimum absolute atomic E-state index is 0.0209. The standard InChI is InChI=1S/C20H16F5N3O2/c1-27(14-5-2-12(3-6-14)20(23,24)25)19(30)11-28-18(29)9-8-17(26-28)15-7-4-13(21)10-16(15)22/h2-7,10H,8-9,11H2,1H3. The summed E-state index contributed by atoms with van der Waals surface area (Å²) >= 11 is 0. The zero-order valence-corrected chi connectivity index (χ0v) is 15.7. The van der Waals surface area contributed by atoms with E-state index in [1.165, 1.54) is 13.1 Å². The van der Waals surface area contributed by atoms with Gasteiger partial charge in [-0.2, -0.15) is 18.3 Å². The van der Waals surface area contributed by atoms with E-state index in [-0.39, 0.29) is 29.8 Å². The third-order valence-corrected chi connectivity index (χ3v) is 4.59. The molecule has 0 saturated heterocycles. The van der Waals surface area contributed by atoms with E-state index in [0.29, 0.717) is 6.07 Å². The first-order valence-electron chi connectivity index (χ1n) is 8.83. The quantitative estimate of drug-likeness (QED) is 0.696. The molecule has 0 saturated carbocycles. The Labute approximate surface area is 168 Å². The van der Waals surface area contributed by atoms with Gasteiger partial charge in [-0.05, 0) is 36.4 Å². The molecule has 0 bridgehead atoms. The topological polar surface area (TPSA) is 53.0 Å². The zero-order valence-electron chi connectivity index (χ0n) is 15.7. The third-order valence-electron chi connectivity index (χ3n) is 4.59. The number of carbonyl (C=O) groups is 2. The molecular formula is C20H16F5N3O2. The van der Waals surface area contributed by atoms with Crippen LogP contribution in [0.2, 0.25) is 0 Å². The first kappa shape index (κ1) is 21.4. The number of amides is 2. The Morgan fingerprint density at radius 1 is 1.10 bits per heavy atom. The number of benzene rings is 2. The van der Waals surface area contributed by atoms with Crippen molar-refractivity contribution in [1.82, 2.24) is 5.01 Å². The van der Waals surface area contributed by atoms with E-state index in [1.54, 1.807) is 0 Å². The van der Waals surface area contributed by atoms with Gasteiger partial charge in [0, 0.05) is 37.2 Å². The second-order valence-electron chi connectivity index (χ2n) is 6.62. The number of anilines is 1. The van der Waals surface area contributed by atoms with E-state index in [1.807, 2.05) is 0 Å². The Morgan fingerprint density at radius 2 is 1.77 bits per heavy atom. The molecule has 1 heterocycles. The predicted octanol–water partition coefficient (Wildman–Crippen LogP) is 3.97. The first-order chi connectivity index (χ1) is 14.1. The van der Waals surface area contributed by atoms with E-state index in [9.17, 15) is 31.5 Å². The number of hydrogen-bond acceptors (Lipinski definition) is 3. The normalized spacial score (nSPS) is 14.5. The highest BCUT2D eigenvalue weighted by Gasteiger charge is 2.30. The van der Waals surface area contributed by atoms with Crippen molar-refractivity contribution >= 4 is 23.2 Å². The molecule has 158 valence electrons. The van der Waals surface area contributed by atoms with Crippen LogP contribution in [0.1, 0.15) is 24.0 Å². The molecule has 0 N–H and O–H groups in total. The molecule has 2 aromatic rings. The minimum atomic E-state index is -4.50. The molecule has 30 heavy (non-hydrogen) atoms. The molecule has 0 fully saturated rings. The second kappa shape index (κ2) is 8.21. The molecule has 0 aliphatic carbocycles. The van der Waals surface area contributed by atoms with Crippen LogP contribution in [-0.2, 0) is 15.8 Å². The molecule has 10 heteroatoms. The highest BCUT2D eigenvalue weighted by atomic mass is 19.4.